The van der Waals surface area contributed by atoms with Gasteiger partial charge in [-0.2, -0.15) is 8.42 Å². The fourth-order valence-electron chi connectivity index (χ4n) is 4.43. The van der Waals surface area contributed by atoms with Crippen LogP contribution in [-0.4, -0.2) is 31.9 Å². The summed E-state index contributed by atoms with van der Waals surface area (Å²) in [4.78, 5) is 11.7. The molecule has 0 spiro atoms. The summed E-state index contributed by atoms with van der Waals surface area (Å²) in [5.74, 6) is -0.677. The Balaban J connectivity index is 1.45. The van der Waals surface area contributed by atoms with E-state index >= 15 is 0 Å². The Kier molecular flexibility index (Phi) is 4.83. The Morgan fingerprint density at radius 1 is 1.03 bits per heavy atom. The zero-order valence-electron chi connectivity index (χ0n) is 16.4. The minimum atomic E-state index is -4.43. The normalized spacial score (nSPS) is 20.6. The van der Waals surface area contributed by atoms with Gasteiger partial charge in [-0.1, -0.05) is 48.5 Å². The number of hydrogen-bond acceptors (Lipinski definition) is 6. The first-order valence-electron chi connectivity index (χ1n) is 10.0. The third kappa shape index (κ3) is 3.51. The standard InChI is InChI=1S/C23H20O7S/c24-22(25)23(29-19-12-5-10-17-16-9-4-11-18(16)28-21(17)19)30-31(26,27)20-13-3-7-14-6-1-2-8-15(14)20/h1-3,5-8,10,12-13,16,18,23H,4,9,11H2,(H,24,25). The van der Waals surface area contributed by atoms with Gasteiger partial charge in [-0.05, 0) is 36.8 Å². The molecular formula is C23H20O7S. The monoisotopic (exact) mass is 440 g/mol. The van der Waals surface area contributed by atoms with E-state index in [-0.39, 0.29) is 22.7 Å². The molecule has 3 atom stereocenters. The number of rotatable bonds is 6. The summed E-state index contributed by atoms with van der Waals surface area (Å²) in [5.41, 5.74) is 0.959. The highest BCUT2D eigenvalue weighted by atomic mass is 32.2. The van der Waals surface area contributed by atoms with E-state index in [2.05, 4.69) is 0 Å². The maximum absolute atomic E-state index is 12.9. The largest absolute Gasteiger partial charge is 0.486 e. The summed E-state index contributed by atoms with van der Waals surface area (Å²) in [6, 6.07) is 16.8. The van der Waals surface area contributed by atoms with E-state index in [4.69, 9.17) is 13.7 Å². The average molecular weight is 440 g/mol. The Morgan fingerprint density at radius 3 is 2.65 bits per heavy atom. The molecule has 0 amide bonds. The van der Waals surface area contributed by atoms with Crippen LogP contribution in [0.3, 0.4) is 0 Å². The van der Waals surface area contributed by atoms with Crippen molar-refractivity contribution in [2.24, 2.45) is 0 Å². The highest BCUT2D eigenvalue weighted by molar-refractivity contribution is 7.87. The van der Waals surface area contributed by atoms with Crippen LogP contribution in [0.15, 0.2) is 65.6 Å². The number of fused-ring (bicyclic) bond motifs is 4. The molecule has 7 nitrogen and oxygen atoms in total. The van der Waals surface area contributed by atoms with Crippen LogP contribution in [0.1, 0.15) is 30.7 Å². The second-order valence-corrected chi connectivity index (χ2v) is 9.22. The molecule has 1 fully saturated rings. The molecule has 31 heavy (non-hydrogen) atoms. The van der Waals surface area contributed by atoms with Crippen LogP contribution in [0.5, 0.6) is 11.5 Å². The van der Waals surface area contributed by atoms with Gasteiger partial charge in [0.15, 0.2) is 11.5 Å². The number of hydrogen-bond donors (Lipinski definition) is 1. The first-order valence-corrected chi connectivity index (χ1v) is 11.4. The summed E-state index contributed by atoms with van der Waals surface area (Å²) >= 11 is 0. The molecule has 8 heteroatoms. The summed E-state index contributed by atoms with van der Waals surface area (Å²) in [6.07, 6.45) is 0.981. The summed E-state index contributed by atoms with van der Waals surface area (Å²) in [6.45, 7) is 0. The molecule has 3 unspecified atom stereocenters. The van der Waals surface area contributed by atoms with Gasteiger partial charge in [0.1, 0.15) is 11.0 Å². The Morgan fingerprint density at radius 2 is 1.81 bits per heavy atom. The molecule has 1 saturated carbocycles. The fourth-order valence-corrected chi connectivity index (χ4v) is 5.58. The van der Waals surface area contributed by atoms with Crippen molar-refractivity contribution in [2.75, 3.05) is 0 Å². The van der Waals surface area contributed by atoms with Crippen molar-refractivity contribution >= 4 is 26.9 Å². The molecule has 1 aliphatic carbocycles. The molecule has 0 aromatic heterocycles. The summed E-state index contributed by atoms with van der Waals surface area (Å²) in [7, 11) is -4.43. The molecule has 3 aromatic rings. The van der Waals surface area contributed by atoms with Gasteiger partial charge < -0.3 is 14.6 Å². The Hall–Kier alpha value is -3.10. The maximum atomic E-state index is 12.9. The highest BCUT2D eigenvalue weighted by Crippen LogP contribution is 2.50. The van der Waals surface area contributed by atoms with E-state index in [1.54, 1.807) is 48.5 Å². The minimum absolute atomic E-state index is 0.0448. The lowest BCUT2D eigenvalue weighted by Crippen LogP contribution is -2.32. The molecule has 1 N–H and O–H groups in total. The van der Waals surface area contributed by atoms with Gasteiger partial charge in [0, 0.05) is 16.9 Å². The number of aliphatic carboxylic acids is 1. The molecular weight excluding hydrogens is 420 g/mol. The van der Waals surface area contributed by atoms with Crippen molar-refractivity contribution < 1.29 is 32.0 Å². The van der Waals surface area contributed by atoms with Gasteiger partial charge in [-0.3, -0.25) is 0 Å². The van der Waals surface area contributed by atoms with Crippen molar-refractivity contribution in [2.45, 2.75) is 42.5 Å². The van der Waals surface area contributed by atoms with Crippen LogP contribution >= 0.6 is 0 Å². The van der Waals surface area contributed by atoms with Crippen molar-refractivity contribution in [3.63, 3.8) is 0 Å². The molecule has 160 valence electrons. The molecule has 0 bridgehead atoms. The third-order valence-electron chi connectivity index (χ3n) is 5.80. The smallest absolute Gasteiger partial charge is 0.375 e. The lowest BCUT2D eigenvalue weighted by Gasteiger charge is -2.18. The van der Waals surface area contributed by atoms with Gasteiger partial charge in [-0.25, -0.2) is 8.98 Å². The summed E-state index contributed by atoms with van der Waals surface area (Å²) in [5, 5.41) is 10.7. The van der Waals surface area contributed by atoms with Crippen molar-refractivity contribution in [1.29, 1.82) is 0 Å². The van der Waals surface area contributed by atoms with Crippen LogP contribution in [0.4, 0.5) is 0 Å². The van der Waals surface area contributed by atoms with Gasteiger partial charge >= 0.3 is 22.4 Å². The van der Waals surface area contributed by atoms with Crippen LogP contribution in [0.25, 0.3) is 10.8 Å². The Labute approximate surface area is 179 Å². The second-order valence-electron chi connectivity index (χ2n) is 7.68. The number of ether oxygens (including phenoxy) is 2. The van der Waals surface area contributed by atoms with Crippen molar-refractivity contribution in [3.8, 4) is 11.5 Å². The molecule has 0 radical (unpaired) electrons. The fraction of sp³-hybridized carbons (Fsp3) is 0.261. The first-order chi connectivity index (χ1) is 14.9. The van der Waals surface area contributed by atoms with E-state index in [0.29, 0.717) is 16.5 Å². The second kappa shape index (κ2) is 7.55. The van der Waals surface area contributed by atoms with Crippen LogP contribution in [0.2, 0.25) is 0 Å². The minimum Gasteiger partial charge on any atom is -0.486 e. The quantitative estimate of drug-likeness (QED) is 0.456. The molecule has 2 aliphatic rings. The van der Waals surface area contributed by atoms with E-state index in [9.17, 15) is 18.3 Å². The maximum Gasteiger partial charge on any atom is 0.375 e. The van der Waals surface area contributed by atoms with E-state index in [1.165, 1.54) is 6.07 Å². The number of carboxylic acid groups (broad SMARTS) is 1. The Bertz CT molecular complexity index is 1260. The highest BCUT2D eigenvalue weighted by Gasteiger charge is 2.40. The third-order valence-corrected chi connectivity index (χ3v) is 7.12. The molecule has 3 aromatic carbocycles. The first kappa shape index (κ1) is 19.8. The molecule has 1 aliphatic heterocycles. The average Bonchev–Trinajstić information content (AvgIpc) is 3.35. The van der Waals surface area contributed by atoms with Gasteiger partial charge in [0.2, 0.25) is 0 Å². The van der Waals surface area contributed by atoms with Gasteiger partial charge in [0.05, 0.1) is 0 Å². The zero-order chi connectivity index (χ0) is 21.6. The van der Waals surface area contributed by atoms with Crippen molar-refractivity contribution in [1.82, 2.24) is 0 Å². The lowest BCUT2D eigenvalue weighted by atomic mass is 9.97. The van der Waals surface area contributed by atoms with E-state index in [0.717, 1.165) is 24.8 Å². The summed E-state index contributed by atoms with van der Waals surface area (Å²) < 4.78 is 42.5. The predicted molar refractivity (Wildman–Crippen MR) is 112 cm³/mol. The molecule has 0 saturated heterocycles. The van der Waals surface area contributed by atoms with E-state index in [1.807, 2.05) is 6.07 Å². The predicted octanol–water partition coefficient (Wildman–Crippen LogP) is 4.06. The SMILES string of the molecule is O=C(O)C(Oc1cccc2c1OC1CCCC21)OS(=O)(=O)c1cccc2ccccc12. The molecule has 1 heterocycles. The van der Waals surface area contributed by atoms with Crippen molar-refractivity contribution in [3.05, 3.63) is 66.2 Å². The lowest BCUT2D eigenvalue weighted by molar-refractivity contribution is -0.158. The van der Waals surface area contributed by atoms with Crippen LogP contribution in [0, 0.1) is 0 Å². The molecule has 5 rings (SSSR count). The number of benzene rings is 3. The number of para-hydroxylation sites is 1. The van der Waals surface area contributed by atoms with Gasteiger partial charge in [-0.15, -0.1) is 0 Å². The van der Waals surface area contributed by atoms with Gasteiger partial charge in [0.25, 0.3) is 0 Å². The van der Waals surface area contributed by atoms with Crippen LogP contribution < -0.4 is 9.47 Å². The van der Waals surface area contributed by atoms with Crippen LogP contribution in [-0.2, 0) is 19.1 Å². The zero-order valence-corrected chi connectivity index (χ0v) is 17.2. The topological polar surface area (TPSA) is 99.1 Å². The number of carbonyl (C=O) groups is 1. The van der Waals surface area contributed by atoms with E-state index < -0.39 is 22.4 Å². The number of carboxylic acids is 1.